The Labute approximate surface area is 197 Å². The van der Waals surface area contributed by atoms with Gasteiger partial charge in [-0.15, -0.1) is 0 Å². The van der Waals surface area contributed by atoms with Crippen LogP contribution in [0, 0.1) is 5.92 Å². The van der Waals surface area contributed by atoms with Crippen molar-refractivity contribution >= 4 is 35.1 Å². The Morgan fingerprint density at radius 3 is 2.21 bits per heavy atom. The van der Waals surface area contributed by atoms with Crippen molar-refractivity contribution in [3.05, 3.63) is 90.6 Å². The highest BCUT2D eigenvalue weighted by atomic mass is 28.3. The minimum Gasteiger partial charge on any atom is -0.309 e. The molecule has 0 spiro atoms. The van der Waals surface area contributed by atoms with Crippen LogP contribution in [-0.4, -0.2) is 17.6 Å². The molecule has 0 aliphatic heterocycles. The van der Waals surface area contributed by atoms with E-state index < -0.39 is 8.07 Å². The molecule has 2 nitrogen and oxygen atoms in total. The summed E-state index contributed by atoms with van der Waals surface area (Å²) in [6.45, 7) is 11.9. The van der Waals surface area contributed by atoms with E-state index in [0.29, 0.717) is 5.92 Å². The summed E-state index contributed by atoms with van der Waals surface area (Å²) in [5.74, 6) is 0.624. The number of benzene rings is 3. The Bertz CT molecular complexity index is 1440. The second-order valence-corrected chi connectivity index (χ2v) is 15.5. The molecular formula is C30H32N2Si. The third-order valence-electron chi connectivity index (χ3n) is 6.41. The number of rotatable bonds is 5. The summed E-state index contributed by atoms with van der Waals surface area (Å²) >= 11 is 0. The van der Waals surface area contributed by atoms with E-state index >= 15 is 0 Å². The van der Waals surface area contributed by atoms with E-state index in [0.717, 1.165) is 12.1 Å². The van der Waals surface area contributed by atoms with E-state index in [9.17, 15) is 0 Å². The second kappa shape index (κ2) is 8.31. The molecule has 0 bridgehead atoms. The molecule has 0 saturated carbocycles. The number of pyridine rings is 1. The van der Waals surface area contributed by atoms with Gasteiger partial charge in [-0.05, 0) is 53.4 Å². The van der Waals surface area contributed by atoms with Crippen LogP contribution in [0.2, 0.25) is 19.6 Å². The highest BCUT2D eigenvalue weighted by molar-refractivity contribution is 6.89. The average molecular weight is 449 g/mol. The third-order valence-corrected chi connectivity index (χ3v) is 8.48. The van der Waals surface area contributed by atoms with E-state index in [1.807, 2.05) is 0 Å². The predicted octanol–water partition coefficient (Wildman–Crippen LogP) is 7.59. The molecule has 33 heavy (non-hydrogen) atoms. The first-order valence-corrected chi connectivity index (χ1v) is 15.4. The van der Waals surface area contributed by atoms with Crippen LogP contribution in [0.4, 0.5) is 0 Å². The molecule has 0 aliphatic rings. The lowest BCUT2D eigenvalue weighted by Gasteiger charge is -2.22. The first kappa shape index (κ1) is 21.7. The Kier molecular flexibility index (Phi) is 5.45. The van der Waals surface area contributed by atoms with E-state index in [-0.39, 0.29) is 0 Å². The zero-order chi connectivity index (χ0) is 23.2. The molecule has 0 saturated heterocycles. The maximum absolute atomic E-state index is 4.97. The monoisotopic (exact) mass is 448 g/mol. The number of hydrogen-bond acceptors (Lipinski definition) is 1. The first-order valence-electron chi connectivity index (χ1n) is 11.9. The summed E-state index contributed by atoms with van der Waals surface area (Å²) in [5.41, 5.74) is 7.36. The molecule has 5 aromatic rings. The Hall–Kier alpha value is -3.17. The van der Waals surface area contributed by atoms with Crippen molar-refractivity contribution in [1.29, 1.82) is 0 Å². The first-order chi connectivity index (χ1) is 15.8. The van der Waals surface area contributed by atoms with Gasteiger partial charge in [0.05, 0.1) is 24.8 Å². The van der Waals surface area contributed by atoms with Crippen molar-refractivity contribution < 1.29 is 0 Å². The highest BCUT2D eigenvalue weighted by Gasteiger charge is 2.22. The topological polar surface area (TPSA) is 17.8 Å². The van der Waals surface area contributed by atoms with Gasteiger partial charge in [0, 0.05) is 28.2 Å². The predicted molar refractivity (Wildman–Crippen MR) is 146 cm³/mol. The van der Waals surface area contributed by atoms with E-state index in [1.165, 1.54) is 43.8 Å². The van der Waals surface area contributed by atoms with Crippen molar-refractivity contribution in [2.24, 2.45) is 5.92 Å². The zero-order valence-electron chi connectivity index (χ0n) is 20.3. The van der Waals surface area contributed by atoms with Gasteiger partial charge in [0.15, 0.2) is 0 Å². The van der Waals surface area contributed by atoms with E-state index in [2.05, 4.69) is 123 Å². The highest BCUT2D eigenvalue weighted by Crippen LogP contribution is 2.34. The maximum Gasteiger partial charge on any atom is 0.0799 e. The van der Waals surface area contributed by atoms with Crippen LogP contribution in [0.5, 0.6) is 0 Å². The van der Waals surface area contributed by atoms with E-state index in [1.54, 1.807) is 0 Å². The molecule has 0 radical (unpaired) electrons. The van der Waals surface area contributed by atoms with Crippen LogP contribution in [0.15, 0.2) is 85.1 Å². The Morgan fingerprint density at radius 2 is 1.48 bits per heavy atom. The molecule has 0 aliphatic carbocycles. The fourth-order valence-corrected chi connectivity index (χ4v) is 6.51. The van der Waals surface area contributed by atoms with Gasteiger partial charge < -0.3 is 4.57 Å². The average Bonchev–Trinajstić information content (AvgIpc) is 3.12. The van der Waals surface area contributed by atoms with Crippen molar-refractivity contribution in [2.45, 2.75) is 39.9 Å². The summed E-state index contributed by atoms with van der Waals surface area (Å²) in [7, 11) is -1.45. The molecule has 166 valence electrons. The number of para-hydroxylation sites is 2. The summed E-state index contributed by atoms with van der Waals surface area (Å²) in [5, 5.41) is 4.05. The second-order valence-electron chi connectivity index (χ2n) is 10.5. The van der Waals surface area contributed by atoms with Crippen molar-refractivity contribution in [1.82, 2.24) is 9.55 Å². The fourth-order valence-electron chi connectivity index (χ4n) is 4.92. The van der Waals surface area contributed by atoms with Gasteiger partial charge in [0.25, 0.3) is 0 Å². The number of hydrogen-bond donors (Lipinski definition) is 0. The van der Waals surface area contributed by atoms with Crippen LogP contribution in [-0.2, 0) is 6.42 Å². The molecule has 2 heterocycles. The van der Waals surface area contributed by atoms with Crippen LogP contribution < -0.4 is 5.19 Å². The standard InChI is InChI=1S/C30H32N2Si/c1-21(2)17-23-18-27(31-20-30(23)33(3,4)5)22-15-16-26-25-13-9-10-14-28(25)32(29(26)19-22)24-11-7-6-8-12-24/h6-16,18-21H,17H2,1-5H3. The number of nitrogens with zero attached hydrogens (tertiary/aromatic N) is 2. The van der Waals surface area contributed by atoms with Gasteiger partial charge in [-0.25, -0.2) is 0 Å². The molecule has 0 N–H and O–H groups in total. The molecule has 0 fully saturated rings. The summed E-state index contributed by atoms with van der Waals surface area (Å²) < 4.78 is 2.37. The van der Waals surface area contributed by atoms with Gasteiger partial charge >= 0.3 is 0 Å². The minimum atomic E-state index is -1.45. The van der Waals surface area contributed by atoms with Crippen molar-refractivity contribution in [2.75, 3.05) is 0 Å². The largest absolute Gasteiger partial charge is 0.309 e. The lowest BCUT2D eigenvalue weighted by molar-refractivity contribution is 0.649. The molecule has 3 heteroatoms. The Balaban J connectivity index is 1.73. The summed E-state index contributed by atoms with van der Waals surface area (Å²) in [6.07, 6.45) is 3.26. The van der Waals surface area contributed by atoms with Crippen LogP contribution in [0.3, 0.4) is 0 Å². The summed E-state index contributed by atoms with van der Waals surface area (Å²) in [4.78, 5) is 4.97. The Morgan fingerprint density at radius 1 is 0.788 bits per heavy atom. The number of fused-ring (bicyclic) bond motifs is 3. The molecule has 0 unspecified atom stereocenters. The van der Waals surface area contributed by atoms with Gasteiger partial charge in [-0.1, -0.05) is 82.0 Å². The van der Waals surface area contributed by atoms with Crippen molar-refractivity contribution in [3.63, 3.8) is 0 Å². The van der Waals surface area contributed by atoms with Crippen LogP contribution in [0.1, 0.15) is 19.4 Å². The van der Waals surface area contributed by atoms with Crippen molar-refractivity contribution in [3.8, 4) is 16.9 Å². The molecule has 0 atom stereocenters. The molecule has 3 aromatic carbocycles. The zero-order valence-corrected chi connectivity index (χ0v) is 21.3. The SMILES string of the molecule is CC(C)Cc1cc(-c2ccc3c4ccccc4n(-c4ccccc4)c3c2)ncc1[Si](C)(C)C. The fraction of sp³-hybridized carbons (Fsp3) is 0.233. The normalized spacial score (nSPS) is 12.2. The summed E-state index contributed by atoms with van der Waals surface area (Å²) in [6, 6.07) is 28.5. The van der Waals surface area contributed by atoms with Gasteiger partial charge in [0.1, 0.15) is 0 Å². The number of aromatic nitrogens is 2. The third kappa shape index (κ3) is 4.02. The van der Waals surface area contributed by atoms with E-state index in [4.69, 9.17) is 4.98 Å². The minimum absolute atomic E-state index is 0.624. The van der Waals surface area contributed by atoms with Gasteiger partial charge in [0.2, 0.25) is 0 Å². The maximum atomic E-state index is 4.97. The van der Waals surface area contributed by atoms with Gasteiger partial charge in [-0.3, -0.25) is 4.98 Å². The van der Waals surface area contributed by atoms with Crippen LogP contribution in [0.25, 0.3) is 38.8 Å². The van der Waals surface area contributed by atoms with Gasteiger partial charge in [-0.2, -0.15) is 0 Å². The molecule has 2 aromatic heterocycles. The molecule has 0 amide bonds. The lowest BCUT2D eigenvalue weighted by atomic mass is 10.0. The quantitative estimate of drug-likeness (QED) is 0.253. The molecular weight excluding hydrogens is 416 g/mol. The molecule has 5 rings (SSSR count). The smallest absolute Gasteiger partial charge is 0.0799 e. The lowest BCUT2D eigenvalue weighted by Crippen LogP contribution is -2.40. The van der Waals surface area contributed by atoms with Crippen LogP contribution >= 0.6 is 0 Å².